The van der Waals surface area contributed by atoms with Crippen LogP contribution >= 0.6 is 23.1 Å². The van der Waals surface area contributed by atoms with Crippen LogP contribution in [0.15, 0.2) is 6.20 Å². The molecule has 0 bridgehead atoms. The summed E-state index contributed by atoms with van der Waals surface area (Å²) in [5.41, 5.74) is 0. The predicted molar refractivity (Wildman–Crippen MR) is 53.8 cm³/mol. The Hall–Kier alpha value is -0.550. The van der Waals surface area contributed by atoms with Crippen molar-refractivity contribution in [2.75, 3.05) is 11.5 Å². The van der Waals surface area contributed by atoms with Gasteiger partial charge < -0.3 is 5.11 Å². The lowest BCUT2D eigenvalue weighted by molar-refractivity contribution is 0.0696. The number of aromatic nitrogens is 1. The van der Waals surface area contributed by atoms with Gasteiger partial charge in [0, 0.05) is 22.7 Å². The summed E-state index contributed by atoms with van der Waals surface area (Å²) in [6, 6.07) is 0. The zero-order chi connectivity index (χ0) is 9.26. The van der Waals surface area contributed by atoms with Gasteiger partial charge in [0.2, 0.25) is 5.01 Å². The number of carbonyl (C=O) groups is 1. The monoisotopic (exact) mass is 215 g/mol. The fourth-order valence-corrected chi connectivity index (χ4v) is 3.58. The minimum Gasteiger partial charge on any atom is -0.476 e. The number of carboxylic acid groups (broad SMARTS) is 1. The van der Waals surface area contributed by atoms with Crippen LogP contribution in [0.4, 0.5) is 0 Å². The Labute approximate surface area is 84.2 Å². The Kier molecular flexibility index (Phi) is 2.55. The highest BCUT2D eigenvalue weighted by Gasteiger charge is 2.21. The van der Waals surface area contributed by atoms with Crippen molar-refractivity contribution in [1.82, 2.24) is 4.98 Å². The molecule has 5 heteroatoms. The summed E-state index contributed by atoms with van der Waals surface area (Å²) in [5.74, 6) is 1.92. The minimum atomic E-state index is -0.915. The molecule has 13 heavy (non-hydrogen) atoms. The van der Waals surface area contributed by atoms with E-state index < -0.39 is 5.97 Å². The second kappa shape index (κ2) is 3.67. The molecule has 0 saturated carbocycles. The van der Waals surface area contributed by atoms with E-state index >= 15 is 0 Å². The lowest BCUT2D eigenvalue weighted by Crippen LogP contribution is -1.93. The fraction of sp³-hybridized carbons (Fsp3) is 0.500. The molecule has 0 aromatic carbocycles. The molecular weight excluding hydrogens is 206 g/mol. The molecule has 1 atom stereocenters. The molecule has 1 unspecified atom stereocenters. The van der Waals surface area contributed by atoms with E-state index in [0.717, 1.165) is 17.1 Å². The highest BCUT2D eigenvalue weighted by Crippen LogP contribution is 2.34. The zero-order valence-corrected chi connectivity index (χ0v) is 8.53. The normalized spacial score (nSPS) is 22.0. The Morgan fingerprint density at radius 3 is 3.08 bits per heavy atom. The molecule has 1 aromatic heterocycles. The molecule has 0 spiro atoms. The molecule has 1 aliphatic heterocycles. The maximum absolute atomic E-state index is 10.6. The van der Waals surface area contributed by atoms with Gasteiger partial charge in [-0.05, 0) is 12.2 Å². The van der Waals surface area contributed by atoms with Crippen LogP contribution in [0.25, 0.3) is 0 Å². The molecule has 1 aliphatic rings. The Bertz CT molecular complexity index is 318. The smallest absolute Gasteiger partial charge is 0.365 e. The van der Waals surface area contributed by atoms with E-state index in [2.05, 4.69) is 4.98 Å². The molecule has 0 amide bonds. The third-order valence-electron chi connectivity index (χ3n) is 2.04. The van der Waals surface area contributed by atoms with Crippen LogP contribution in [-0.2, 0) is 0 Å². The van der Waals surface area contributed by atoms with E-state index in [9.17, 15) is 4.79 Å². The van der Waals surface area contributed by atoms with Gasteiger partial charge in [-0.2, -0.15) is 11.8 Å². The number of hydrogen-bond donors (Lipinski definition) is 1. The highest BCUT2D eigenvalue weighted by atomic mass is 32.2. The van der Waals surface area contributed by atoms with Gasteiger partial charge in [0.05, 0.1) is 0 Å². The maximum Gasteiger partial charge on any atom is 0.365 e. The summed E-state index contributed by atoms with van der Waals surface area (Å²) >= 11 is 3.24. The summed E-state index contributed by atoms with van der Waals surface area (Å²) in [6.07, 6.45) is 2.87. The number of hydrogen-bond acceptors (Lipinski definition) is 4. The SMILES string of the molecule is O=C(O)c1ncc(C2CCSC2)s1. The first-order valence-electron chi connectivity index (χ1n) is 4.04. The predicted octanol–water partition coefficient (Wildman–Crippen LogP) is 2.06. The van der Waals surface area contributed by atoms with Crippen LogP contribution in [0.2, 0.25) is 0 Å². The van der Waals surface area contributed by atoms with Gasteiger partial charge in [-0.3, -0.25) is 0 Å². The number of thiazole rings is 1. The molecule has 1 aromatic rings. The van der Waals surface area contributed by atoms with Crippen molar-refractivity contribution in [3.63, 3.8) is 0 Å². The Morgan fingerprint density at radius 2 is 2.54 bits per heavy atom. The second-order valence-electron chi connectivity index (χ2n) is 2.93. The van der Waals surface area contributed by atoms with Crippen LogP contribution in [0, 0.1) is 0 Å². The molecule has 1 N–H and O–H groups in total. The molecular formula is C8H9NO2S2. The lowest BCUT2D eigenvalue weighted by atomic mass is 10.1. The van der Waals surface area contributed by atoms with Crippen LogP contribution in [0.1, 0.15) is 27.0 Å². The van der Waals surface area contributed by atoms with Gasteiger partial charge in [0.25, 0.3) is 0 Å². The molecule has 1 fully saturated rings. The zero-order valence-electron chi connectivity index (χ0n) is 6.90. The van der Waals surface area contributed by atoms with Gasteiger partial charge in [-0.1, -0.05) is 0 Å². The second-order valence-corrected chi connectivity index (χ2v) is 5.15. The van der Waals surface area contributed by atoms with Crippen molar-refractivity contribution in [3.8, 4) is 0 Å². The van der Waals surface area contributed by atoms with E-state index in [4.69, 9.17) is 5.11 Å². The fourth-order valence-electron chi connectivity index (χ4n) is 1.33. The van der Waals surface area contributed by atoms with Crippen LogP contribution in [0.5, 0.6) is 0 Å². The van der Waals surface area contributed by atoms with E-state index in [-0.39, 0.29) is 5.01 Å². The molecule has 70 valence electrons. The number of carboxylic acids is 1. The average molecular weight is 215 g/mol. The van der Waals surface area contributed by atoms with E-state index in [1.807, 2.05) is 11.8 Å². The molecule has 0 radical (unpaired) electrons. The van der Waals surface area contributed by atoms with Gasteiger partial charge >= 0.3 is 5.97 Å². The quantitative estimate of drug-likeness (QED) is 0.820. The van der Waals surface area contributed by atoms with E-state index in [1.54, 1.807) is 6.20 Å². The maximum atomic E-state index is 10.6. The first-order chi connectivity index (χ1) is 6.27. The number of thioether (sulfide) groups is 1. The summed E-state index contributed by atoms with van der Waals surface area (Å²) in [5, 5.41) is 8.90. The van der Waals surface area contributed by atoms with Gasteiger partial charge in [0.1, 0.15) is 0 Å². The molecule has 1 saturated heterocycles. The van der Waals surface area contributed by atoms with Crippen molar-refractivity contribution in [2.24, 2.45) is 0 Å². The largest absolute Gasteiger partial charge is 0.476 e. The number of aromatic carboxylic acids is 1. The third-order valence-corrected chi connectivity index (χ3v) is 4.35. The molecule has 2 heterocycles. The standard InChI is InChI=1S/C8H9NO2S2/c10-8(11)7-9-3-6(13-7)5-1-2-12-4-5/h3,5H,1-2,4H2,(H,10,11). The summed E-state index contributed by atoms with van der Waals surface area (Å²) in [7, 11) is 0. The first-order valence-corrected chi connectivity index (χ1v) is 6.01. The summed E-state index contributed by atoms with van der Waals surface area (Å²) in [6.45, 7) is 0. The van der Waals surface area contributed by atoms with Crippen molar-refractivity contribution < 1.29 is 9.90 Å². The Balaban J connectivity index is 2.16. The van der Waals surface area contributed by atoms with Crippen LogP contribution in [-0.4, -0.2) is 27.6 Å². The third kappa shape index (κ3) is 1.86. The van der Waals surface area contributed by atoms with Crippen molar-refractivity contribution in [3.05, 3.63) is 16.1 Å². The molecule has 3 nitrogen and oxygen atoms in total. The minimum absolute atomic E-state index is 0.215. The van der Waals surface area contributed by atoms with E-state index in [1.165, 1.54) is 17.1 Å². The van der Waals surface area contributed by atoms with Crippen molar-refractivity contribution >= 4 is 29.1 Å². The summed E-state index contributed by atoms with van der Waals surface area (Å²) in [4.78, 5) is 15.6. The Morgan fingerprint density at radius 1 is 1.69 bits per heavy atom. The lowest BCUT2D eigenvalue weighted by Gasteiger charge is -2.01. The average Bonchev–Trinajstić information content (AvgIpc) is 2.75. The van der Waals surface area contributed by atoms with Crippen molar-refractivity contribution in [1.29, 1.82) is 0 Å². The van der Waals surface area contributed by atoms with Crippen molar-refractivity contribution in [2.45, 2.75) is 12.3 Å². The number of rotatable bonds is 2. The number of nitrogens with zero attached hydrogens (tertiary/aromatic N) is 1. The van der Waals surface area contributed by atoms with Crippen LogP contribution < -0.4 is 0 Å². The van der Waals surface area contributed by atoms with E-state index in [0.29, 0.717) is 5.92 Å². The topological polar surface area (TPSA) is 50.2 Å². The van der Waals surface area contributed by atoms with Crippen LogP contribution in [0.3, 0.4) is 0 Å². The first kappa shape index (κ1) is 9.02. The van der Waals surface area contributed by atoms with Gasteiger partial charge in [-0.25, -0.2) is 9.78 Å². The molecule has 2 rings (SSSR count). The highest BCUT2D eigenvalue weighted by molar-refractivity contribution is 7.99. The summed E-state index contributed by atoms with van der Waals surface area (Å²) < 4.78 is 0. The molecule has 0 aliphatic carbocycles. The van der Waals surface area contributed by atoms with Gasteiger partial charge in [0.15, 0.2) is 0 Å². The van der Waals surface area contributed by atoms with Gasteiger partial charge in [-0.15, -0.1) is 11.3 Å².